The van der Waals surface area contributed by atoms with E-state index in [0.717, 1.165) is 12.8 Å². The standard InChI is InChI=1S/C28H39NO4S/c1-25(2,3)33-24(31)29-19-27(17-28(29,18-27)20-30)21-32-34(26(4,5)6,22-13-9-7-10-14-22)23-15-11-8-12-16-23/h7-16,30H,17-21H2,1-6H3. The van der Waals surface area contributed by atoms with E-state index in [4.69, 9.17) is 8.92 Å². The number of carbonyl (C=O) groups excluding carboxylic acids is 1. The van der Waals surface area contributed by atoms with Gasteiger partial charge in [0.05, 0.1) is 18.8 Å². The minimum atomic E-state index is -1.86. The van der Waals surface area contributed by atoms with Crippen molar-refractivity contribution < 1.29 is 18.8 Å². The third-order valence-electron chi connectivity index (χ3n) is 6.94. The van der Waals surface area contributed by atoms with Crippen LogP contribution in [0.1, 0.15) is 54.4 Å². The summed E-state index contributed by atoms with van der Waals surface area (Å²) in [5.41, 5.74) is -1.28. The zero-order chi connectivity index (χ0) is 24.8. The molecule has 0 spiro atoms. The summed E-state index contributed by atoms with van der Waals surface area (Å²) < 4.78 is 12.6. The number of aliphatic hydroxyl groups is 1. The lowest BCUT2D eigenvalue weighted by Crippen LogP contribution is -2.55. The molecule has 2 aromatic carbocycles. The molecule has 6 heteroatoms. The first-order chi connectivity index (χ1) is 15.9. The molecule has 3 aliphatic rings. The molecule has 3 fully saturated rings. The number of amides is 1. The summed E-state index contributed by atoms with van der Waals surface area (Å²) in [6, 6.07) is 21.1. The molecule has 5 rings (SSSR count). The van der Waals surface area contributed by atoms with Crippen LogP contribution in [0.2, 0.25) is 0 Å². The van der Waals surface area contributed by atoms with Crippen LogP contribution < -0.4 is 0 Å². The van der Waals surface area contributed by atoms with Crippen LogP contribution in [0.3, 0.4) is 0 Å². The molecular weight excluding hydrogens is 446 g/mol. The molecule has 2 saturated heterocycles. The van der Waals surface area contributed by atoms with Crippen LogP contribution in [-0.4, -0.2) is 51.7 Å². The number of ether oxygens (including phenoxy) is 1. The van der Waals surface area contributed by atoms with Crippen LogP contribution in [0, 0.1) is 5.41 Å². The van der Waals surface area contributed by atoms with Gasteiger partial charge in [0, 0.05) is 26.5 Å². The molecule has 186 valence electrons. The van der Waals surface area contributed by atoms with E-state index in [1.54, 1.807) is 4.90 Å². The monoisotopic (exact) mass is 485 g/mol. The van der Waals surface area contributed by atoms with Gasteiger partial charge >= 0.3 is 6.09 Å². The maximum Gasteiger partial charge on any atom is 0.410 e. The third-order valence-corrected chi connectivity index (χ3v) is 11.0. The number of carbonyl (C=O) groups is 1. The average Bonchev–Trinajstić information content (AvgIpc) is 3.25. The van der Waals surface area contributed by atoms with E-state index >= 15 is 0 Å². The Kier molecular flexibility index (Phi) is 6.33. The van der Waals surface area contributed by atoms with Gasteiger partial charge in [0.2, 0.25) is 0 Å². The molecule has 1 amide bonds. The summed E-state index contributed by atoms with van der Waals surface area (Å²) in [5, 5.41) is 10.2. The van der Waals surface area contributed by atoms with Crippen molar-refractivity contribution in [2.75, 3.05) is 19.8 Å². The summed E-state index contributed by atoms with van der Waals surface area (Å²) in [4.78, 5) is 17.1. The second kappa shape index (κ2) is 8.58. The van der Waals surface area contributed by atoms with Gasteiger partial charge in [0.25, 0.3) is 0 Å². The minimum Gasteiger partial charge on any atom is -0.444 e. The minimum absolute atomic E-state index is 0.0529. The van der Waals surface area contributed by atoms with E-state index in [1.165, 1.54) is 9.79 Å². The molecule has 0 atom stereocenters. The van der Waals surface area contributed by atoms with Crippen molar-refractivity contribution in [3.05, 3.63) is 60.7 Å². The van der Waals surface area contributed by atoms with E-state index in [1.807, 2.05) is 32.9 Å². The van der Waals surface area contributed by atoms with Gasteiger partial charge in [-0.2, -0.15) is 0 Å². The van der Waals surface area contributed by atoms with Crippen molar-refractivity contribution in [3.8, 4) is 0 Å². The number of fused-ring (bicyclic) bond motifs is 1. The van der Waals surface area contributed by atoms with E-state index in [9.17, 15) is 9.90 Å². The second-order valence-electron chi connectivity index (χ2n) is 11.9. The Morgan fingerprint density at radius 3 is 1.85 bits per heavy atom. The van der Waals surface area contributed by atoms with E-state index in [0.29, 0.717) is 13.2 Å². The smallest absolute Gasteiger partial charge is 0.410 e. The molecule has 1 aliphatic carbocycles. The number of rotatable bonds is 6. The van der Waals surface area contributed by atoms with Gasteiger partial charge in [0.1, 0.15) is 5.60 Å². The molecule has 0 radical (unpaired) electrons. The maximum absolute atomic E-state index is 13.0. The lowest BCUT2D eigenvalue weighted by atomic mass is 9.63. The summed E-state index contributed by atoms with van der Waals surface area (Å²) in [7, 11) is -1.86. The number of benzene rings is 2. The Bertz CT molecular complexity index is 965. The summed E-state index contributed by atoms with van der Waals surface area (Å²) in [6.45, 7) is 13.4. The fraction of sp³-hybridized carbons (Fsp3) is 0.536. The molecule has 0 aromatic heterocycles. The molecule has 2 aromatic rings. The molecule has 34 heavy (non-hydrogen) atoms. The molecule has 5 nitrogen and oxygen atoms in total. The predicted octanol–water partition coefficient (Wildman–Crippen LogP) is 6.40. The molecule has 2 heterocycles. The zero-order valence-electron chi connectivity index (χ0n) is 21.3. The van der Waals surface area contributed by atoms with Gasteiger partial charge in [-0.1, -0.05) is 46.7 Å². The van der Waals surface area contributed by atoms with Crippen LogP contribution in [0.15, 0.2) is 70.5 Å². The molecule has 1 N–H and O–H groups in total. The molecular formula is C28H39NO4S. The van der Waals surface area contributed by atoms with Crippen molar-refractivity contribution in [2.45, 2.75) is 80.1 Å². The zero-order valence-corrected chi connectivity index (χ0v) is 22.2. The average molecular weight is 486 g/mol. The SMILES string of the molecule is CC(C)(C)OC(=O)N1CC2(COS(c3ccccc3)(c3ccccc3)C(C)(C)C)CC1(CO)C2. The van der Waals surface area contributed by atoms with Gasteiger partial charge < -0.3 is 14.0 Å². The summed E-state index contributed by atoms with van der Waals surface area (Å²) in [6.07, 6.45) is 1.12. The van der Waals surface area contributed by atoms with Gasteiger partial charge in [0.15, 0.2) is 0 Å². The Morgan fingerprint density at radius 2 is 1.44 bits per heavy atom. The second-order valence-corrected chi connectivity index (χ2v) is 15.4. The van der Waals surface area contributed by atoms with Crippen molar-refractivity contribution >= 4 is 16.4 Å². The lowest BCUT2D eigenvalue weighted by molar-refractivity contribution is -0.0266. The molecule has 2 bridgehead atoms. The highest BCUT2D eigenvalue weighted by Gasteiger charge is 2.67. The van der Waals surface area contributed by atoms with E-state index < -0.39 is 21.4 Å². The molecule has 2 aliphatic heterocycles. The van der Waals surface area contributed by atoms with Crippen molar-refractivity contribution in [3.63, 3.8) is 0 Å². The van der Waals surface area contributed by atoms with Crippen molar-refractivity contribution in [2.24, 2.45) is 5.41 Å². The number of hydrogen-bond acceptors (Lipinski definition) is 4. The normalized spacial score (nSPS) is 25.1. The van der Waals surface area contributed by atoms with Crippen LogP contribution in [0.25, 0.3) is 0 Å². The van der Waals surface area contributed by atoms with Crippen LogP contribution in [0.4, 0.5) is 4.79 Å². The van der Waals surface area contributed by atoms with Crippen molar-refractivity contribution in [1.82, 2.24) is 4.90 Å². The van der Waals surface area contributed by atoms with Crippen LogP contribution in [-0.2, 0) is 8.92 Å². The highest BCUT2D eigenvalue weighted by atomic mass is 32.3. The van der Waals surface area contributed by atoms with Gasteiger partial charge in [-0.15, -0.1) is 0 Å². The van der Waals surface area contributed by atoms with Crippen LogP contribution in [0.5, 0.6) is 0 Å². The first-order valence-electron chi connectivity index (χ1n) is 12.1. The number of aliphatic hydroxyl groups excluding tert-OH is 1. The van der Waals surface area contributed by atoms with Gasteiger partial charge in [-0.3, -0.25) is 4.90 Å². The Hall–Kier alpha value is -2.02. The quantitative estimate of drug-likeness (QED) is 0.514. The lowest BCUT2D eigenvalue weighted by Gasteiger charge is -2.53. The van der Waals surface area contributed by atoms with E-state index in [2.05, 4.69) is 69.3 Å². The van der Waals surface area contributed by atoms with Gasteiger partial charge in [-0.25, -0.2) is 4.79 Å². The maximum atomic E-state index is 13.0. The third kappa shape index (κ3) is 4.25. The topological polar surface area (TPSA) is 59.0 Å². The summed E-state index contributed by atoms with van der Waals surface area (Å²) >= 11 is 0. The fourth-order valence-electron chi connectivity index (χ4n) is 5.66. The Labute approximate surface area is 206 Å². The van der Waals surface area contributed by atoms with E-state index in [-0.39, 0.29) is 22.9 Å². The van der Waals surface area contributed by atoms with Gasteiger partial charge in [-0.05, 0) is 78.6 Å². The highest BCUT2D eigenvalue weighted by Crippen LogP contribution is 2.72. The van der Waals surface area contributed by atoms with Crippen LogP contribution >= 0.6 is 10.3 Å². The Morgan fingerprint density at radius 1 is 0.941 bits per heavy atom. The molecule has 0 unspecified atom stereocenters. The number of nitrogens with zero attached hydrogens (tertiary/aromatic N) is 1. The number of hydrogen-bond donors (Lipinski definition) is 1. The predicted molar refractivity (Wildman–Crippen MR) is 137 cm³/mol. The summed E-state index contributed by atoms with van der Waals surface area (Å²) in [5.74, 6) is 0. The highest BCUT2D eigenvalue weighted by molar-refractivity contribution is 8.31. The molecule has 1 saturated carbocycles. The fourth-order valence-corrected chi connectivity index (χ4v) is 9.48. The van der Waals surface area contributed by atoms with Crippen molar-refractivity contribution in [1.29, 1.82) is 0 Å². The first kappa shape index (κ1) is 25.1. The Balaban J connectivity index is 1.65. The largest absolute Gasteiger partial charge is 0.444 e. The first-order valence-corrected chi connectivity index (χ1v) is 13.6.